The second-order valence-electron chi connectivity index (χ2n) is 6.76. The zero-order valence-corrected chi connectivity index (χ0v) is 17.5. The number of benzene rings is 2. The van der Waals surface area contributed by atoms with Crippen molar-refractivity contribution in [1.29, 1.82) is 0 Å². The van der Waals surface area contributed by atoms with Crippen LogP contribution in [0, 0.1) is 0 Å². The van der Waals surface area contributed by atoms with Crippen molar-refractivity contribution in [2.45, 2.75) is 6.61 Å². The Morgan fingerprint density at radius 1 is 1.10 bits per heavy atom. The van der Waals surface area contributed by atoms with Gasteiger partial charge in [-0.25, -0.2) is 9.50 Å². The van der Waals surface area contributed by atoms with E-state index in [2.05, 4.69) is 10.1 Å². The summed E-state index contributed by atoms with van der Waals surface area (Å²) in [4.78, 5) is 5.35. The molecule has 0 bridgehead atoms. The van der Waals surface area contributed by atoms with Crippen LogP contribution in [-0.4, -0.2) is 36.7 Å². The van der Waals surface area contributed by atoms with Crippen LogP contribution in [0.15, 0.2) is 53.1 Å². The lowest BCUT2D eigenvalue weighted by Crippen LogP contribution is -2.09. The van der Waals surface area contributed by atoms with Gasteiger partial charge < -0.3 is 18.6 Å². The maximum absolute atomic E-state index is 6.19. The number of imidazole rings is 1. The van der Waals surface area contributed by atoms with E-state index < -0.39 is 0 Å². The number of hydrogen-bond donors (Lipinski definition) is 0. The van der Waals surface area contributed by atoms with Crippen LogP contribution in [0.3, 0.4) is 0 Å². The number of furan rings is 1. The van der Waals surface area contributed by atoms with Crippen LogP contribution in [0.2, 0.25) is 0 Å². The van der Waals surface area contributed by atoms with Gasteiger partial charge in [0.1, 0.15) is 37.2 Å². The molecule has 0 spiro atoms. The number of ether oxygens (including phenoxy) is 3. The van der Waals surface area contributed by atoms with Crippen LogP contribution in [-0.2, 0) is 6.61 Å². The summed E-state index contributed by atoms with van der Waals surface area (Å²) in [6.45, 7) is 0.451. The first-order chi connectivity index (χ1) is 14.7. The lowest BCUT2D eigenvalue weighted by Gasteiger charge is -2.11. The van der Waals surface area contributed by atoms with Gasteiger partial charge in [-0.1, -0.05) is 30.3 Å². The molecule has 3 aromatic heterocycles. The fourth-order valence-electron chi connectivity index (χ4n) is 3.35. The van der Waals surface area contributed by atoms with E-state index in [0.717, 1.165) is 21.4 Å². The average Bonchev–Trinajstić information content (AvgIpc) is 3.47. The molecule has 0 atom stereocenters. The lowest BCUT2D eigenvalue weighted by molar-refractivity contribution is 0.307. The molecule has 0 saturated carbocycles. The molecule has 0 aliphatic heterocycles. The molecule has 5 aromatic rings. The van der Waals surface area contributed by atoms with E-state index in [9.17, 15) is 0 Å². The number of hydrogen-bond acceptors (Lipinski definition) is 7. The van der Waals surface area contributed by atoms with Crippen LogP contribution < -0.4 is 19.7 Å². The molecule has 150 valence electrons. The highest BCUT2D eigenvalue weighted by Gasteiger charge is 2.19. The summed E-state index contributed by atoms with van der Waals surface area (Å²) in [6.07, 6.45) is 1.82. The molecule has 0 radical (unpaired) electrons. The van der Waals surface area contributed by atoms with Gasteiger partial charge in [-0.3, -0.25) is 0 Å². The van der Waals surface area contributed by atoms with Crippen LogP contribution in [0.4, 0.5) is 0 Å². The minimum atomic E-state index is 0.451. The van der Waals surface area contributed by atoms with Gasteiger partial charge in [-0.15, -0.1) is 5.10 Å². The maximum Gasteiger partial charge on any atom is 0.294 e. The Labute approximate surface area is 177 Å². The van der Waals surface area contributed by atoms with Crippen LogP contribution in [0.1, 0.15) is 5.56 Å². The van der Waals surface area contributed by atoms with Crippen molar-refractivity contribution in [3.05, 3.63) is 54.2 Å². The first-order valence-electron chi connectivity index (χ1n) is 9.34. The Balaban J connectivity index is 1.56. The maximum atomic E-state index is 6.19. The monoisotopic (exact) mass is 419 g/mol. The van der Waals surface area contributed by atoms with Crippen molar-refractivity contribution < 1.29 is 18.6 Å². The Morgan fingerprint density at radius 3 is 2.67 bits per heavy atom. The smallest absolute Gasteiger partial charge is 0.294 e. The molecule has 0 N–H and O–H groups in total. The quantitative estimate of drug-likeness (QED) is 0.394. The second-order valence-corrected chi connectivity index (χ2v) is 7.67. The molecule has 7 nitrogen and oxygen atoms in total. The Bertz CT molecular complexity index is 1310. The van der Waals surface area contributed by atoms with E-state index in [1.165, 1.54) is 11.3 Å². The number of nitrogens with zero attached hydrogens (tertiary/aromatic N) is 3. The molecule has 0 saturated heterocycles. The summed E-state index contributed by atoms with van der Waals surface area (Å²) in [5, 5.41) is 5.76. The van der Waals surface area contributed by atoms with E-state index in [4.69, 9.17) is 18.6 Å². The highest BCUT2D eigenvalue weighted by atomic mass is 32.1. The van der Waals surface area contributed by atoms with Gasteiger partial charge in [0, 0.05) is 6.07 Å². The van der Waals surface area contributed by atoms with E-state index in [-0.39, 0.29) is 0 Å². The van der Waals surface area contributed by atoms with Crippen LogP contribution >= 0.6 is 11.3 Å². The Hall–Kier alpha value is -3.46. The van der Waals surface area contributed by atoms with Gasteiger partial charge in [-0.05, 0) is 28.4 Å². The number of rotatable bonds is 6. The van der Waals surface area contributed by atoms with Gasteiger partial charge in [0.2, 0.25) is 4.96 Å². The fourth-order valence-corrected chi connectivity index (χ4v) is 4.05. The van der Waals surface area contributed by atoms with Crippen LogP contribution in [0.25, 0.3) is 27.4 Å². The van der Waals surface area contributed by atoms with Crippen molar-refractivity contribution in [2.75, 3.05) is 14.2 Å². The summed E-state index contributed by atoms with van der Waals surface area (Å²) in [5.74, 6) is 2.05. The first kappa shape index (κ1) is 18.6. The van der Waals surface area contributed by atoms with Gasteiger partial charge in [0.05, 0.1) is 25.8 Å². The first-order valence-corrected chi connectivity index (χ1v) is 10.2. The normalized spacial score (nSPS) is 11.3. The molecule has 2 aromatic carbocycles. The van der Waals surface area contributed by atoms with Gasteiger partial charge >= 0.3 is 0 Å². The van der Waals surface area contributed by atoms with Gasteiger partial charge in [0.15, 0.2) is 5.76 Å². The summed E-state index contributed by atoms with van der Waals surface area (Å²) in [7, 11) is 5.20. The average molecular weight is 419 g/mol. The standard InChI is InChI=1S/C21H18BN3O4S/c1-26-17-9-15(28-11-12-6-4-3-5-7-12)13-8-16(29-19(13)18(17)22)14-10-25-20(23-14)30-21(24-25)27-2/h3-10H,11,22H2,1-2H3. The topological polar surface area (TPSA) is 71.0 Å². The predicted molar refractivity (Wildman–Crippen MR) is 118 cm³/mol. The van der Waals surface area contributed by atoms with Crippen molar-refractivity contribution in [1.82, 2.24) is 14.6 Å². The summed E-state index contributed by atoms with van der Waals surface area (Å²) >= 11 is 1.37. The highest BCUT2D eigenvalue weighted by Crippen LogP contribution is 2.36. The summed E-state index contributed by atoms with van der Waals surface area (Å²) in [6, 6.07) is 13.9. The van der Waals surface area contributed by atoms with E-state index in [1.807, 2.05) is 56.5 Å². The molecule has 0 aliphatic carbocycles. The lowest BCUT2D eigenvalue weighted by atomic mass is 9.92. The Morgan fingerprint density at radius 2 is 1.93 bits per heavy atom. The van der Waals surface area contributed by atoms with Crippen molar-refractivity contribution in [3.8, 4) is 28.1 Å². The van der Waals surface area contributed by atoms with Crippen LogP contribution in [0.5, 0.6) is 16.7 Å². The van der Waals surface area contributed by atoms with E-state index >= 15 is 0 Å². The molecule has 0 unspecified atom stereocenters. The SMILES string of the molecule is Bc1c(OC)cc(OCc2ccccc2)c2cc(-c3cn4nc(OC)sc4n3)oc12. The number of fused-ring (bicyclic) bond motifs is 2. The third-order valence-electron chi connectivity index (χ3n) is 4.88. The van der Waals surface area contributed by atoms with Crippen molar-refractivity contribution in [3.63, 3.8) is 0 Å². The second kappa shape index (κ2) is 7.42. The number of aromatic nitrogens is 3. The van der Waals surface area contributed by atoms with Crippen molar-refractivity contribution >= 4 is 40.6 Å². The summed E-state index contributed by atoms with van der Waals surface area (Å²) in [5.41, 5.74) is 3.41. The third kappa shape index (κ3) is 3.17. The Kier molecular flexibility index (Phi) is 4.59. The predicted octanol–water partition coefficient (Wildman–Crippen LogP) is 3.06. The molecule has 0 amide bonds. The zero-order valence-electron chi connectivity index (χ0n) is 16.7. The number of methoxy groups -OCH3 is 2. The van der Waals surface area contributed by atoms with Gasteiger partial charge in [-0.2, -0.15) is 0 Å². The molecular formula is C21H18BN3O4S. The van der Waals surface area contributed by atoms with E-state index in [0.29, 0.717) is 40.3 Å². The molecular weight excluding hydrogens is 401 g/mol. The zero-order chi connectivity index (χ0) is 20.7. The van der Waals surface area contributed by atoms with Gasteiger partial charge in [0.25, 0.3) is 5.19 Å². The van der Waals surface area contributed by atoms with E-state index in [1.54, 1.807) is 18.7 Å². The molecule has 9 heteroatoms. The van der Waals surface area contributed by atoms with Crippen molar-refractivity contribution in [2.24, 2.45) is 0 Å². The highest BCUT2D eigenvalue weighted by molar-refractivity contribution is 7.18. The molecule has 0 aliphatic rings. The molecule has 3 heterocycles. The molecule has 0 fully saturated rings. The minimum absolute atomic E-state index is 0.451. The minimum Gasteiger partial charge on any atom is -0.497 e. The largest absolute Gasteiger partial charge is 0.497 e. The third-order valence-corrected chi connectivity index (χ3v) is 5.76. The fraction of sp³-hybridized carbons (Fsp3) is 0.143. The summed E-state index contributed by atoms with van der Waals surface area (Å²) < 4.78 is 24.7. The molecule has 5 rings (SSSR count). The molecule has 30 heavy (non-hydrogen) atoms.